The fourth-order valence-electron chi connectivity index (χ4n) is 2.12. The Bertz CT molecular complexity index is 341. The molecule has 1 unspecified atom stereocenters. The second-order valence-electron chi connectivity index (χ2n) is 3.72. The molecule has 2 heterocycles. The predicted molar refractivity (Wildman–Crippen MR) is 53.4 cm³/mol. The van der Waals surface area contributed by atoms with Gasteiger partial charge >= 0.3 is 0 Å². The van der Waals surface area contributed by atoms with Crippen LogP contribution in [0.3, 0.4) is 0 Å². The molecule has 0 spiro atoms. The van der Waals surface area contributed by atoms with Crippen LogP contribution in [-0.4, -0.2) is 22.5 Å². The van der Waals surface area contributed by atoms with E-state index in [0.29, 0.717) is 12.0 Å². The van der Waals surface area contributed by atoms with Gasteiger partial charge in [-0.1, -0.05) is 6.07 Å². The van der Waals surface area contributed by atoms with Gasteiger partial charge in [0.25, 0.3) is 0 Å². The molecule has 3 heteroatoms. The van der Waals surface area contributed by atoms with Crippen molar-refractivity contribution < 1.29 is 0 Å². The van der Waals surface area contributed by atoms with Gasteiger partial charge in [-0.25, -0.2) is 0 Å². The Morgan fingerprint density at radius 3 is 3.07 bits per heavy atom. The summed E-state index contributed by atoms with van der Waals surface area (Å²) in [6, 6.07) is 4.36. The Kier molecular flexibility index (Phi) is 2.36. The zero-order valence-electron chi connectivity index (χ0n) is 8.22. The normalized spacial score (nSPS) is 26.1. The maximum absolute atomic E-state index is 8.86. The highest BCUT2D eigenvalue weighted by Gasteiger charge is 2.30. The Morgan fingerprint density at radius 1 is 1.64 bits per heavy atom. The number of aromatic nitrogens is 1. The fourth-order valence-corrected chi connectivity index (χ4v) is 2.12. The zero-order chi connectivity index (χ0) is 9.97. The van der Waals surface area contributed by atoms with Crippen LogP contribution in [0.4, 0.5) is 0 Å². The number of likely N-dealkylation sites (tertiary alicyclic amines) is 1. The lowest BCUT2D eigenvalue weighted by Gasteiger charge is -2.19. The van der Waals surface area contributed by atoms with E-state index in [9.17, 15) is 0 Å². The van der Waals surface area contributed by atoms with E-state index >= 15 is 0 Å². The molecule has 0 aromatic carbocycles. The van der Waals surface area contributed by atoms with E-state index in [1.54, 1.807) is 6.20 Å². The summed E-state index contributed by atoms with van der Waals surface area (Å²) in [6.07, 6.45) is 6.97. The van der Waals surface area contributed by atoms with Crippen LogP contribution in [0.25, 0.3) is 0 Å². The molecule has 1 aliphatic rings. The molecule has 0 amide bonds. The first-order valence-electron chi connectivity index (χ1n) is 4.89. The zero-order valence-corrected chi connectivity index (χ0v) is 8.22. The van der Waals surface area contributed by atoms with Crippen molar-refractivity contribution >= 4 is 0 Å². The maximum Gasteiger partial charge on any atom is 0.179 e. The molecule has 1 aromatic heterocycles. The molecular weight excluding hydrogens is 174 g/mol. The maximum atomic E-state index is 8.86. The van der Waals surface area contributed by atoms with Crippen LogP contribution in [-0.2, 0) is 0 Å². The summed E-state index contributed by atoms with van der Waals surface area (Å²) in [5.41, 5.74) is 1.25. The van der Waals surface area contributed by atoms with Crippen LogP contribution < -0.4 is 0 Å². The second-order valence-corrected chi connectivity index (χ2v) is 3.72. The SMILES string of the molecule is C[C@@H]1C(c2cccnc2)CCN1C#N. The average molecular weight is 187 g/mol. The second kappa shape index (κ2) is 3.67. The van der Waals surface area contributed by atoms with Gasteiger partial charge in [-0.05, 0) is 25.0 Å². The van der Waals surface area contributed by atoms with Crippen molar-refractivity contribution in [3.05, 3.63) is 30.1 Å². The van der Waals surface area contributed by atoms with Gasteiger partial charge in [0, 0.05) is 30.9 Å². The van der Waals surface area contributed by atoms with Gasteiger partial charge < -0.3 is 4.90 Å². The van der Waals surface area contributed by atoms with Crippen LogP contribution in [0.1, 0.15) is 24.8 Å². The standard InChI is InChI=1S/C11H13N3/c1-9-11(4-6-14(9)8-12)10-3-2-5-13-7-10/h2-3,5,7,9,11H,4,6H2,1H3/t9-,11?/m1/s1. The molecule has 72 valence electrons. The topological polar surface area (TPSA) is 39.9 Å². The van der Waals surface area contributed by atoms with Crippen molar-refractivity contribution in [1.29, 1.82) is 5.26 Å². The minimum Gasteiger partial charge on any atom is -0.307 e. The Balaban J connectivity index is 2.19. The molecule has 1 saturated heterocycles. The molecule has 0 N–H and O–H groups in total. The van der Waals surface area contributed by atoms with E-state index in [0.717, 1.165) is 13.0 Å². The molecule has 0 bridgehead atoms. The minimum absolute atomic E-state index is 0.309. The van der Waals surface area contributed by atoms with Gasteiger partial charge in [-0.2, -0.15) is 5.26 Å². The summed E-state index contributed by atoms with van der Waals surface area (Å²) in [5, 5.41) is 8.86. The summed E-state index contributed by atoms with van der Waals surface area (Å²) >= 11 is 0. The highest BCUT2D eigenvalue weighted by molar-refractivity contribution is 5.19. The smallest absolute Gasteiger partial charge is 0.179 e. The summed E-state index contributed by atoms with van der Waals surface area (Å²) < 4.78 is 0. The molecule has 2 rings (SSSR count). The van der Waals surface area contributed by atoms with Gasteiger partial charge in [0.2, 0.25) is 0 Å². The molecule has 1 aliphatic heterocycles. The number of rotatable bonds is 1. The number of nitrogens with zero attached hydrogens (tertiary/aromatic N) is 3. The van der Waals surface area contributed by atoms with Gasteiger partial charge in [0.15, 0.2) is 6.19 Å². The quantitative estimate of drug-likeness (QED) is 0.629. The lowest BCUT2D eigenvalue weighted by atomic mass is 9.94. The van der Waals surface area contributed by atoms with Crippen molar-refractivity contribution in [3.63, 3.8) is 0 Å². The van der Waals surface area contributed by atoms with E-state index in [1.165, 1.54) is 5.56 Å². The van der Waals surface area contributed by atoms with E-state index in [1.807, 2.05) is 17.2 Å². The molecule has 2 atom stereocenters. The minimum atomic E-state index is 0.309. The van der Waals surface area contributed by atoms with Crippen LogP contribution in [0.5, 0.6) is 0 Å². The summed E-state index contributed by atoms with van der Waals surface area (Å²) in [6.45, 7) is 2.98. The fraction of sp³-hybridized carbons (Fsp3) is 0.455. The van der Waals surface area contributed by atoms with E-state index in [-0.39, 0.29) is 0 Å². The first kappa shape index (κ1) is 9.01. The van der Waals surface area contributed by atoms with E-state index < -0.39 is 0 Å². The Hall–Kier alpha value is -1.56. The molecule has 0 saturated carbocycles. The van der Waals surface area contributed by atoms with Gasteiger partial charge in [0.1, 0.15) is 0 Å². The third-order valence-corrected chi connectivity index (χ3v) is 3.00. The first-order valence-corrected chi connectivity index (χ1v) is 4.89. The lowest BCUT2D eigenvalue weighted by molar-refractivity contribution is 0.371. The van der Waals surface area contributed by atoms with Crippen LogP contribution in [0.15, 0.2) is 24.5 Å². The number of hydrogen-bond acceptors (Lipinski definition) is 3. The van der Waals surface area contributed by atoms with Crippen LogP contribution in [0.2, 0.25) is 0 Å². The average Bonchev–Trinajstić information content (AvgIpc) is 2.61. The molecular formula is C11H13N3. The van der Waals surface area contributed by atoms with Gasteiger partial charge in [-0.15, -0.1) is 0 Å². The van der Waals surface area contributed by atoms with Crippen molar-refractivity contribution in [2.24, 2.45) is 0 Å². The van der Waals surface area contributed by atoms with Crippen LogP contribution >= 0.6 is 0 Å². The highest BCUT2D eigenvalue weighted by Crippen LogP contribution is 2.31. The lowest BCUT2D eigenvalue weighted by Crippen LogP contribution is -2.24. The number of hydrogen-bond donors (Lipinski definition) is 0. The summed E-state index contributed by atoms with van der Waals surface area (Å²) in [5.74, 6) is 0.461. The van der Waals surface area contributed by atoms with E-state index in [2.05, 4.69) is 24.2 Å². The molecule has 0 radical (unpaired) electrons. The Labute approximate surface area is 84.0 Å². The molecule has 3 nitrogen and oxygen atoms in total. The van der Waals surface area contributed by atoms with Crippen molar-refractivity contribution in [1.82, 2.24) is 9.88 Å². The highest BCUT2D eigenvalue weighted by atomic mass is 15.2. The molecule has 14 heavy (non-hydrogen) atoms. The number of pyridine rings is 1. The monoisotopic (exact) mass is 187 g/mol. The number of nitriles is 1. The predicted octanol–water partition coefficient (Wildman–Crippen LogP) is 1.74. The third-order valence-electron chi connectivity index (χ3n) is 3.00. The molecule has 1 aromatic rings. The van der Waals surface area contributed by atoms with Crippen LogP contribution in [0, 0.1) is 11.5 Å². The van der Waals surface area contributed by atoms with Gasteiger partial charge in [-0.3, -0.25) is 4.98 Å². The molecule has 0 aliphatic carbocycles. The third kappa shape index (κ3) is 1.44. The van der Waals surface area contributed by atoms with Crippen molar-refractivity contribution in [3.8, 4) is 6.19 Å². The van der Waals surface area contributed by atoms with Gasteiger partial charge in [0.05, 0.1) is 0 Å². The summed E-state index contributed by atoms with van der Waals surface area (Å²) in [4.78, 5) is 5.96. The van der Waals surface area contributed by atoms with Crippen molar-refractivity contribution in [2.45, 2.75) is 25.3 Å². The first-order chi connectivity index (χ1) is 6.83. The summed E-state index contributed by atoms with van der Waals surface area (Å²) in [7, 11) is 0. The van der Waals surface area contributed by atoms with E-state index in [4.69, 9.17) is 5.26 Å². The largest absolute Gasteiger partial charge is 0.307 e. The molecule has 1 fully saturated rings. The van der Waals surface area contributed by atoms with Crippen molar-refractivity contribution in [2.75, 3.05) is 6.54 Å². The Morgan fingerprint density at radius 2 is 2.50 bits per heavy atom.